The Balaban J connectivity index is 2.57. The summed E-state index contributed by atoms with van der Waals surface area (Å²) in [6.07, 6.45) is -4.81. The van der Waals surface area contributed by atoms with Crippen molar-refractivity contribution in [2.75, 3.05) is 12.8 Å². The van der Waals surface area contributed by atoms with Gasteiger partial charge in [0.1, 0.15) is 5.82 Å². The zero-order valence-electron chi connectivity index (χ0n) is 11.5. The van der Waals surface area contributed by atoms with Crippen LogP contribution in [0, 0.1) is 5.82 Å². The first-order valence-corrected chi connectivity index (χ1v) is 6.44. The van der Waals surface area contributed by atoms with Crippen LogP contribution in [-0.2, 0) is 10.9 Å². The molecule has 23 heavy (non-hydrogen) atoms. The van der Waals surface area contributed by atoms with Crippen molar-refractivity contribution < 1.29 is 27.1 Å². The molecule has 0 saturated heterocycles. The normalized spacial score (nSPS) is 11.4. The van der Waals surface area contributed by atoms with Gasteiger partial charge < -0.3 is 10.5 Å². The number of nitrogens with two attached hydrogens (primary N) is 1. The molecule has 9 heteroatoms. The van der Waals surface area contributed by atoms with Crippen molar-refractivity contribution in [2.24, 2.45) is 0 Å². The van der Waals surface area contributed by atoms with Crippen molar-refractivity contribution in [1.82, 2.24) is 4.98 Å². The Morgan fingerprint density at radius 2 is 1.96 bits per heavy atom. The van der Waals surface area contributed by atoms with Crippen LogP contribution in [-0.4, -0.2) is 18.1 Å². The second-order valence-corrected chi connectivity index (χ2v) is 4.82. The van der Waals surface area contributed by atoms with E-state index in [1.807, 2.05) is 0 Å². The Bertz CT molecular complexity index is 778. The molecule has 0 radical (unpaired) electrons. The van der Waals surface area contributed by atoms with Gasteiger partial charge >= 0.3 is 12.1 Å². The molecule has 1 aromatic heterocycles. The summed E-state index contributed by atoms with van der Waals surface area (Å²) in [5, 5.41) is -0.159. The van der Waals surface area contributed by atoms with Crippen molar-refractivity contribution in [3.8, 4) is 11.3 Å². The van der Waals surface area contributed by atoms with Gasteiger partial charge in [-0.2, -0.15) is 13.2 Å². The number of carbonyl (C=O) groups excluding carboxylic acids is 1. The van der Waals surface area contributed by atoms with E-state index < -0.39 is 23.5 Å². The fraction of sp³-hybridized carbons (Fsp3) is 0.143. The Hall–Kier alpha value is -2.35. The van der Waals surface area contributed by atoms with Gasteiger partial charge in [-0.25, -0.2) is 14.2 Å². The van der Waals surface area contributed by atoms with Gasteiger partial charge in [0.2, 0.25) is 0 Å². The van der Waals surface area contributed by atoms with E-state index >= 15 is 0 Å². The first-order valence-electron chi connectivity index (χ1n) is 6.06. The Morgan fingerprint density at radius 1 is 1.30 bits per heavy atom. The number of methoxy groups -OCH3 is 1. The summed E-state index contributed by atoms with van der Waals surface area (Å²) in [7, 11) is 1.10. The maximum atomic E-state index is 13.6. The highest BCUT2D eigenvalue weighted by molar-refractivity contribution is 6.35. The van der Waals surface area contributed by atoms with Crippen molar-refractivity contribution in [3.05, 3.63) is 46.4 Å². The third-order valence-corrected chi connectivity index (χ3v) is 3.33. The van der Waals surface area contributed by atoms with Gasteiger partial charge in [0, 0.05) is 5.56 Å². The molecule has 0 unspecified atom stereocenters. The number of nitrogens with zero attached hydrogens (tertiary/aromatic N) is 1. The number of benzene rings is 1. The number of nitrogen functional groups attached to an aromatic ring is 1. The van der Waals surface area contributed by atoms with Gasteiger partial charge in [0.25, 0.3) is 0 Å². The first-order chi connectivity index (χ1) is 10.6. The van der Waals surface area contributed by atoms with Crippen LogP contribution in [0.25, 0.3) is 11.3 Å². The van der Waals surface area contributed by atoms with E-state index in [0.29, 0.717) is 12.1 Å². The lowest BCUT2D eigenvalue weighted by molar-refractivity contribution is -0.139. The largest absolute Gasteiger partial charge is 0.464 e. The molecule has 0 aliphatic carbocycles. The Labute approximate surface area is 132 Å². The van der Waals surface area contributed by atoms with Gasteiger partial charge in [0.05, 0.1) is 29.1 Å². The lowest BCUT2D eigenvalue weighted by Gasteiger charge is -2.11. The van der Waals surface area contributed by atoms with Gasteiger partial charge in [-0.1, -0.05) is 17.7 Å². The lowest BCUT2D eigenvalue weighted by atomic mass is 10.1. The Kier molecular flexibility index (Phi) is 4.46. The van der Waals surface area contributed by atoms with Crippen molar-refractivity contribution in [3.63, 3.8) is 0 Å². The van der Waals surface area contributed by atoms with Gasteiger partial charge in [-0.05, 0) is 18.2 Å². The average Bonchev–Trinajstić information content (AvgIpc) is 2.47. The zero-order valence-corrected chi connectivity index (χ0v) is 12.3. The van der Waals surface area contributed by atoms with E-state index in [4.69, 9.17) is 17.3 Å². The smallest absolute Gasteiger partial charge is 0.419 e. The number of ether oxygens (including phenoxy) is 1. The number of hydrogen-bond acceptors (Lipinski definition) is 4. The second-order valence-electron chi connectivity index (χ2n) is 4.44. The van der Waals surface area contributed by atoms with E-state index in [2.05, 4.69) is 9.72 Å². The number of esters is 1. The Morgan fingerprint density at radius 3 is 2.48 bits per heavy atom. The summed E-state index contributed by atoms with van der Waals surface area (Å²) in [5.41, 5.74) is 3.86. The van der Waals surface area contributed by atoms with E-state index in [-0.39, 0.29) is 27.7 Å². The zero-order chi connectivity index (χ0) is 17.4. The molecule has 2 rings (SSSR count). The maximum absolute atomic E-state index is 13.6. The highest BCUT2D eigenvalue weighted by Gasteiger charge is 2.34. The summed E-state index contributed by atoms with van der Waals surface area (Å²) >= 11 is 5.83. The molecule has 0 aliphatic rings. The van der Waals surface area contributed by atoms with Crippen molar-refractivity contribution in [1.29, 1.82) is 0 Å². The molecule has 0 bridgehead atoms. The lowest BCUT2D eigenvalue weighted by Crippen LogP contribution is -2.09. The summed E-state index contributed by atoms with van der Waals surface area (Å²) in [6, 6.07) is 3.47. The molecular formula is C14H9ClF4N2O2. The standard InChI is InChI=1S/C14H9ClF4N2O2/c1-23-13(22)12-11(15)9(20)5-10(21-12)6-2-3-7(8(16)4-6)14(17,18)19/h2-5H,1H3,(H2,20,21). The molecule has 2 N–H and O–H groups in total. The number of halogens is 5. The quantitative estimate of drug-likeness (QED) is 0.659. The monoisotopic (exact) mass is 348 g/mol. The van der Waals surface area contributed by atoms with Crippen LogP contribution in [0.3, 0.4) is 0 Å². The van der Waals surface area contributed by atoms with Crippen LogP contribution in [0.4, 0.5) is 23.2 Å². The number of carbonyl (C=O) groups is 1. The summed E-state index contributed by atoms with van der Waals surface area (Å²) in [5.74, 6) is -2.35. The van der Waals surface area contributed by atoms with Gasteiger partial charge in [-0.3, -0.25) is 0 Å². The molecule has 4 nitrogen and oxygen atoms in total. The van der Waals surface area contributed by atoms with Crippen LogP contribution >= 0.6 is 11.6 Å². The van der Waals surface area contributed by atoms with Crippen molar-refractivity contribution >= 4 is 23.3 Å². The highest BCUT2D eigenvalue weighted by Crippen LogP contribution is 2.34. The fourth-order valence-electron chi connectivity index (χ4n) is 1.83. The molecule has 0 aliphatic heterocycles. The minimum Gasteiger partial charge on any atom is -0.464 e. The van der Waals surface area contributed by atoms with E-state index in [0.717, 1.165) is 13.2 Å². The number of anilines is 1. The van der Waals surface area contributed by atoms with Crippen LogP contribution in [0.15, 0.2) is 24.3 Å². The molecule has 1 heterocycles. The SMILES string of the molecule is COC(=O)c1nc(-c2ccc(C(F)(F)F)c(F)c2)cc(N)c1Cl. The predicted octanol–water partition coefficient (Wildman–Crippen LogP) is 3.93. The summed E-state index contributed by atoms with van der Waals surface area (Å²) in [6.45, 7) is 0. The average molecular weight is 349 g/mol. The molecule has 1 aromatic carbocycles. The van der Waals surface area contributed by atoms with Gasteiger partial charge in [0.15, 0.2) is 5.69 Å². The highest BCUT2D eigenvalue weighted by atomic mass is 35.5. The van der Waals surface area contributed by atoms with E-state index in [1.165, 1.54) is 6.07 Å². The van der Waals surface area contributed by atoms with Crippen LogP contribution in [0.5, 0.6) is 0 Å². The fourth-order valence-corrected chi connectivity index (χ4v) is 2.01. The van der Waals surface area contributed by atoms with Crippen LogP contribution in [0.1, 0.15) is 16.1 Å². The topological polar surface area (TPSA) is 65.2 Å². The van der Waals surface area contributed by atoms with Crippen LogP contribution < -0.4 is 5.73 Å². The molecular weight excluding hydrogens is 340 g/mol. The number of hydrogen-bond donors (Lipinski definition) is 1. The summed E-state index contributed by atoms with van der Waals surface area (Å²) < 4.78 is 55.8. The van der Waals surface area contributed by atoms with E-state index in [9.17, 15) is 22.4 Å². The molecule has 0 amide bonds. The molecule has 0 fully saturated rings. The molecule has 0 spiro atoms. The minimum atomic E-state index is -4.81. The first kappa shape index (κ1) is 17.0. The van der Waals surface area contributed by atoms with E-state index in [1.54, 1.807) is 0 Å². The molecule has 2 aromatic rings. The number of pyridine rings is 1. The maximum Gasteiger partial charge on any atom is 0.419 e. The molecule has 122 valence electrons. The third kappa shape index (κ3) is 3.37. The van der Waals surface area contributed by atoms with Crippen LogP contribution in [0.2, 0.25) is 5.02 Å². The molecule has 0 atom stereocenters. The second kappa shape index (κ2) is 6.04. The minimum absolute atomic E-state index is 0.00372. The summed E-state index contributed by atoms with van der Waals surface area (Å²) in [4.78, 5) is 15.4. The molecule has 0 saturated carbocycles. The van der Waals surface area contributed by atoms with Crippen molar-refractivity contribution in [2.45, 2.75) is 6.18 Å². The van der Waals surface area contributed by atoms with Gasteiger partial charge in [-0.15, -0.1) is 0 Å². The number of aromatic nitrogens is 1. The number of alkyl halides is 3. The number of rotatable bonds is 2. The third-order valence-electron chi connectivity index (χ3n) is 2.93. The predicted molar refractivity (Wildman–Crippen MR) is 75.4 cm³/mol.